The fraction of sp³-hybridized carbons (Fsp3) is 0.333. The smallest absolute Gasteiger partial charge is 0.302 e. The van der Waals surface area contributed by atoms with E-state index in [0.29, 0.717) is 0 Å². The van der Waals surface area contributed by atoms with Gasteiger partial charge in [-0.25, -0.2) is 0 Å². The fourth-order valence-electron chi connectivity index (χ4n) is 8.63. The Morgan fingerprint density at radius 2 is 1.49 bits per heavy atom. The first-order chi connectivity index (χ1) is 22.8. The van der Waals surface area contributed by atoms with E-state index in [1.807, 2.05) is 0 Å². The number of carbonyl (C=O) groups is 2. The number of Topliss-reactive ketones (excluding diaryl/α,β-unsaturated/α-hetero) is 1. The first-order valence-electron chi connectivity index (χ1n) is 15.4. The van der Waals surface area contributed by atoms with Crippen molar-refractivity contribution in [2.24, 2.45) is 5.92 Å². The second-order valence-electron chi connectivity index (χ2n) is 13.4. The van der Waals surface area contributed by atoms with Crippen molar-refractivity contribution in [3.8, 4) is 5.75 Å². The maximum atomic E-state index is 14.0. The molecule has 1 heterocycles. The van der Waals surface area contributed by atoms with E-state index >= 15 is 0 Å². The molecule has 252 valence electrons. The molecule has 5 aliphatic carbocycles. The Hall–Kier alpha value is -5.24. The van der Waals surface area contributed by atoms with Crippen LogP contribution in [-0.4, -0.2) is 60.2 Å². The minimum Gasteiger partial charge on any atom is -0.512 e. The predicted molar refractivity (Wildman–Crippen MR) is 168 cm³/mol. The number of ketones is 1. The molecule has 1 aromatic rings. The topological polar surface area (TPSA) is 225 Å². The lowest BCUT2D eigenvalue weighted by molar-refractivity contribution is -0.162. The average Bonchev–Trinajstić information content (AvgIpc) is 3.70. The Labute approximate surface area is 273 Å². The Morgan fingerprint density at radius 3 is 2.12 bits per heavy atom. The maximum absolute atomic E-state index is 14.0. The third-order valence-corrected chi connectivity index (χ3v) is 10.4. The molecule has 1 aromatic carbocycles. The summed E-state index contributed by atoms with van der Waals surface area (Å²) in [5.74, 6) is -4.41. The number of hydrogen-bond acceptors (Lipinski definition) is 13. The Balaban J connectivity index is 1.59. The number of carbonyl (C=O) groups excluding carboxylic acids is 2. The Kier molecular flexibility index (Phi) is 6.53. The van der Waals surface area contributed by atoms with Crippen molar-refractivity contribution in [1.29, 1.82) is 0 Å². The van der Waals surface area contributed by atoms with Crippen LogP contribution in [0.4, 0.5) is 0 Å². The molecule has 49 heavy (non-hydrogen) atoms. The Bertz CT molecular complexity index is 2810. The standard InChI is InChI=1S/C36H30O13/c1-12-10-20(39)25-26(22(12)13(2)37)29(43)18-8-6-16(27(41)23(18)30(25)44)17-7-9-19-24(28(17)42)33(46)35-21(40)11-34(5,47)31(14(3)48-15(4)38)36(35,49-35)32(19)45/h6-10,14,31,33,37,42,45-47H,11H2,1-5H3/b17-16-,22-13+/t14-,31+,33-,34+,35-,36+/m1/s1. The van der Waals surface area contributed by atoms with Gasteiger partial charge in [-0.1, -0.05) is 6.07 Å². The van der Waals surface area contributed by atoms with Gasteiger partial charge in [0.25, 0.3) is 0 Å². The van der Waals surface area contributed by atoms with Gasteiger partial charge in [0.05, 0.1) is 27.7 Å². The first-order valence-corrected chi connectivity index (χ1v) is 15.4. The molecule has 0 radical (unpaired) electrons. The third-order valence-electron chi connectivity index (χ3n) is 10.4. The summed E-state index contributed by atoms with van der Waals surface area (Å²) >= 11 is 0. The fourth-order valence-corrected chi connectivity index (χ4v) is 8.63. The number of fused-ring (bicyclic) bond motifs is 1. The number of hydrogen-bond donors (Lipinski definition) is 5. The zero-order chi connectivity index (χ0) is 35.9. The molecular weight excluding hydrogens is 640 g/mol. The molecule has 0 aromatic heterocycles. The van der Waals surface area contributed by atoms with Crippen molar-refractivity contribution in [1.82, 2.24) is 0 Å². The molecule has 0 bridgehead atoms. The van der Waals surface area contributed by atoms with Gasteiger partial charge < -0.3 is 35.0 Å². The average molecular weight is 671 g/mol. The lowest BCUT2D eigenvalue weighted by atomic mass is 9.58. The number of aryl methyl sites for hydroxylation is 1. The van der Waals surface area contributed by atoms with E-state index in [2.05, 4.69) is 0 Å². The molecule has 1 saturated heterocycles. The van der Waals surface area contributed by atoms with Gasteiger partial charge in [0.1, 0.15) is 23.7 Å². The molecule has 2 fully saturated rings. The van der Waals surface area contributed by atoms with E-state index in [4.69, 9.17) is 9.47 Å². The summed E-state index contributed by atoms with van der Waals surface area (Å²) in [5, 5.41) is 54.2. The predicted octanol–water partition coefficient (Wildman–Crippen LogP) is -1.05. The van der Waals surface area contributed by atoms with Gasteiger partial charge >= 0.3 is 5.97 Å². The van der Waals surface area contributed by atoms with E-state index < -0.39 is 96.8 Å². The van der Waals surface area contributed by atoms with Crippen molar-refractivity contribution in [2.75, 3.05) is 0 Å². The number of esters is 1. The molecule has 0 spiro atoms. The molecule has 1 aliphatic heterocycles. The van der Waals surface area contributed by atoms with Crippen LogP contribution in [0, 0.1) is 44.2 Å². The van der Waals surface area contributed by atoms with Crippen molar-refractivity contribution in [3.63, 3.8) is 0 Å². The highest BCUT2D eigenvalue weighted by molar-refractivity contribution is 5.99. The number of benzene rings is 1. The molecular formula is C36H30O13. The summed E-state index contributed by atoms with van der Waals surface area (Å²) in [4.78, 5) is 79.8. The zero-order valence-corrected chi connectivity index (χ0v) is 26.8. The molecule has 6 aliphatic rings. The summed E-state index contributed by atoms with van der Waals surface area (Å²) in [6.07, 6.45) is -3.61. The van der Waals surface area contributed by atoms with Gasteiger partial charge in [0.15, 0.2) is 33.3 Å². The molecule has 13 nitrogen and oxygen atoms in total. The van der Waals surface area contributed by atoms with E-state index in [-0.39, 0.29) is 48.2 Å². The summed E-state index contributed by atoms with van der Waals surface area (Å²) in [6, 6.07) is 5.90. The summed E-state index contributed by atoms with van der Waals surface area (Å²) < 4.78 is 11.3. The number of ether oxygens (including phenoxy) is 2. The van der Waals surface area contributed by atoms with Crippen LogP contribution in [-0.2, 0) is 19.1 Å². The summed E-state index contributed by atoms with van der Waals surface area (Å²) in [6.45, 7) is 6.71. The van der Waals surface area contributed by atoms with Crippen molar-refractivity contribution in [3.05, 3.63) is 124 Å². The molecule has 13 heteroatoms. The van der Waals surface area contributed by atoms with Crippen LogP contribution in [0.2, 0.25) is 0 Å². The quantitative estimate of drug-likeness (QED) is 0.127. The van der Waals surface area contributed by atoms with E-state index in [1.54, 1.807) is 0 Å². The first kappa shape index (κ1) is 32.3. The highest BCUT2D eigenvalue weighted by Crippen LogP contribution is 2.70. The normalized spacial score (nSPS) is 29.2. The second-order valence-corrected chi connectivity index (χ2v) is 13.4. The monoisotopic (exact) mass is 670 g/mol. The number of aliphatic hydroxyl groups excluding tert-OH is 3. The van der Waals surface area contributed by atoms with E-state index in [1.165, 1.54) is 52.0 Å². The minimum atomic E-state index is -2.19. The molecule has 0 unspecified atom stereocenters. The SMILES string of the molecule is CC(=O)O[C@H](C)[C@H]1[C@@](C)(O)CC(=O)[C@]23O[C@]12C(O)=c1cc/c(=c2\ccc4c(=O)c5/c(=C(\C)O)c(C)cc(=O)c=5c(=O)c=4c2=O)c(O)c1[C@H]3O. The van der Waals surface area contributed by atoms with E-state index in [0.717, 1.165) is 13.0 Å². The van der Waals surface area contributed by atoms with Gasteiger partial charge in [-0.15, -0.1) is 0 Å². The van der Waals surface area contributed by atoms with Gasteiger partial charge in [0.2, 0.25) is 5.43 Å². The number of rotatable bonds is 2. The molecule has 5 N–H and O–H groups in total. The van der Waals surface area contributed by atoms with Crippen LogP contribution in [0.1, 0.15) is 51.3 Å². The highest BCUT2D eigenvalue weighted by Gasteiger charge is 2.89. The number of aromatic hydroxyl groups is 1. The van der Waals surface area contributed by atoms with Gasteiger partial charge in [-0.3, -0.25) is 28.8 Å². The van der Waals surface area contributed by atoms with Crippen LogP contribution in [0.25, 0.3) is 11.5 Å². The summed E-state index contributed by atoms with van der Waals surface area (Å²) in [5.41, 5.74) is -9.90. The van der Waals surface area contributed by atoms with Crippen LogP contribution < -0.4 is 32.2 Å². The minimum absolute atomic E-state index is 0.00788. The van der Waals surface area contributed by atoms with Crippen LogP contribution >= 0.6 is 0 Å². The van der Waals surface area contributed by atoms with E-state index in [9.17, 15) is 54.3 Å². The number of epoxide rings is 1. The van der Waals surface area contributed by atoms with Crippen LogP contribution in [0.3, 0.4) is 0 Å². The van der Waals surface area contributed by atoms with Gasteiger partial charge in [-0.2, -0.15) is 0 Å². The van der Waals surface area contributed by atoms with Crippen LogP contribution in [0.15, 0.2) is 49.5 Å². The van der Waals surface area contributed by atoms with Crippen molar-refractivity contribution >= 4 is 23.3 Å². The zero-order valence-electron chi connectivity index (χ0n) is 26.8. The largest absolute Gasteiger partial charge is 0.512 e. The lowest BCUT2D eigenvalue weighted by Crippen LogP contribution is -2.64. The van der Waals surface area contributed by atoms with Crippen molar-refractivity contribution < 1.29 is 44.6 Å². The Morgan fingerprint density at radius 1 is 0.898 bits per heavy atom. The van der Waals surface area contributed by atoms with Gasteiger partial charge in [0, 0.05) is 50.2 Å². The van der Waals surface area contributed by atoms with Crippen molar-refractivity contribution in [2.45, 2.75) is 70.1 Å². The number of aliphatic hydroxyl groups is 4. The third kappa shape index (κ3) is 3.80. The number of phenolic OH excluding ortho intramolecular Hbond substituents is 1. The highest BCUT2D eigenvalue weighted by atomic mass is 16.7. The molecule has 1 saturated carbocycles. The molecule has 7 rings (SSSR count). The maximum Gasteiger partial charge on any atom is 0.302 e. The molecule has 6 atom stereocenters. The second kappa shape index (κ2) is 9.91. The lowest BCUT2D eigenvalue weighted by Gasteiger charge is -2.46. The number of phenols is 1. The summed E-state index contributed by atoms with van der Waals surface area (Å²) in [7, 11) is 0. The van der Waals surface area contributed by atoms with Gasteiger partial charge in [-0.05, 0) is 57.5 Å². The molecule has 0 amide bonds. The van der Waals surface area contributed by atoms with Crippen LogP contribution in [0.5, 0.6) is 5.75 Å².